The molecule has 1 aliphatic heterocycles. The number of ketones is 2. The lowest BCUT2D eigenvalue weighted by atomic mass is 9.77. The molecule has 1 atom stereocenters. The second-order valence-corrected chi connectivity index (χ2v) is 11.1. The van der Waals surface area contributed by atoms with Crippen LogP contribution in [0.1, 0.15) is 37.7 Å². The average molecular weight is 490 g/mol. The second kappa shape index (κ2) is 8.27. The fourth-order valence-electron chi connectivity index (χ4n) is 3.93. The molecule has 32 heavy (non-hydrogen) atoms. The number of hydrogen-bond donors (Lipinski definition) is 0. The highest BCUT2D eigenvalue weighted by Gasteiger charge is 2.54. The minimum absolute atomic E-state index is 0.0202. The fourth-order valence-corrected chi connectivity index (χ4v) is 6.50. The molecule has 0 amide bonds. The lowest BCUT2D eigenvalue weighted by Crippen LogP contribution is -2.43. The Morgan fingerprint density at radius 3 is 2.69 bits per heavy atom. The van der Waals surface area contributed by atoms with Gasteiger partial charge in [0.1, 0.15) is 0 Å². The lowest BCUT2D eigenvalue weighted by molar-refractivity contribution is -0.145. The van der Waals surface area contributed by atoms with Gasteiger partial charge in [-0.25, -0.2) is 8.42 Å². The molecular formula is C22H19NO6S3. The van der Waals surface area contributed by atoms with E-state index in [1.807, 2.05) is 0 Å². The largest absolute Gasteiger partial charge is 0.468 e. The zero-order chi connectivity index (χ0) is 23.1. The molecule has 3 aromatic heterocycles. The lowest BCUT2D eigenvalue weighted by Gasteiger charge is -2.23. The van der Waals surface area contributed by atoms with Crippen molar-refractivity contribution in [2.24, 2.45) is 0 Å². The van der Waals surface area contributed by atoms with Crippen LogP contribution in [0, 0.1) is 0 Å². The Labute approximate surface area is 192 Å². The number of fused-ring (bicyclic) bond motifs is 1. The van der Waals surface area contributed by atoms with E-state index in [0.29, 0.717) is 10.4 Å². The molecule has 1 aliphatic rings. The molecule has 4 heterocycles. The molecule has 4 rings (SSSR count). The van der Waals surface area contributed by atoms with Gasteiger partial charge in [0.15, 0.2) is 21.0 Å². The Balaban J connectivity index is 1.76. The van der Waals surface area contributed by atoms with Crippen LogP contribution in [-0.2, 0) is 31.3 Å². The number of aryl methyl sites for hydroxylation is 1. The third-order valence-corrected chi connectivity index (χ3v) is 8.75. The fraction of sp³-hybridized carbons (Fsp3) is 0.227. The summed E-state index contributed by atoms with van der Waals surface area (Å²) in [5.41, 5.74) is -0.663. The highest BCUT2D eigenvalue weighted by molar-refractivity contribution is 7.91. The number of thiophene rings is 2. The number of esters is 1. The van der Waals surface area contributed by atoms with Crippen LogP contribution in [0.5, 0.6) is 0 Å². The van der Waals surface area contributed by atoms with Crippen molar-refractivity contribution in [2.45, 2.75) is 23.3 Å². The van der Waals surface area contributed by atoms with Crippen molar-refractivity contribution in [3.63, 3.8) is 0 Å². The number of aromatic nitrogens is 1. The van der Waals surface area contributed by atoms with Crippen LogP contribution in [0.3, 0.4) is 0 Å². The molecule has 0 spiro atoms. The molecule has 7 nitrogen and oxygen atoms in total. The number of carbonyl (C=O) groups is 3. The first-order valence-electron chi connectivity index (χ1n) is 9.57. The minimum atomic E-state index is -3.64. The van der Waals surface area contributed by atoms with Gasteiger partial charge in [-0.3, -0.25) is 14.4 Å². The SMILES string of the molecule is C=CCS(=O)(=O)c1cc2n(c1)CCC2(C(=O)OC)C(=O)c1csc(C(=O)c2ccsc2)c1. The van der Waals surface area contributed by atoms with Crippen molar-refractivity contribution in [3.8, 4) is 0 Å². The molecule has 3 aromatic rings. The number of ether oxygens (including phenoxy) is 1. The summed E-state index contributed by atoms with van der Waals surface area (Å²) >= 11 is 2.53. The van der Waals surface area contributed by atoms with Gasteiger partial charge in [-0.15, -0.1) is 17.9 Å². The number of sulfone groups is 1. The number of methoxy groups -OCH3 is 1. The van der Waals surface area contributed by atoms with Gasteiger partial charge in [0.05, 0.1) is 22.6 Å². The Morgan fingerprint density at radius 2 is 2.03 bits per heavy atom. The van der Waals surface area contributed by atoms with Crippen LogP contribution < -0.4 is 0 Å². The molecule has 0 saturated heterocycles. The van der Waals surface area contributed by atoms with E-state index in [1.54, 1.807) is 26.8 Å². The summed E-state index contributed by atoms with van der Waals surface area (Å²) in [6.45, 7) is 3.75. The summed E-state index contributed by atoms with van der Waals surface area (Å²) < 4.78 is 31.6. The van der Waals surface area contributed by atoms with E-state index in [-0.39, 0.29) is 40.7 Å². The quantitative estimate of drug-likeness (QED) is 0.208. The zero-order valence-corrected chi connectivity index (χ0v) is 19.5. The van der Waals surface area contributed by atoms with Crippen LogP contribution in [0.4, 0.5) is 0 Å². The molecular weight excluding hydrogens is 470 g/mol. The van der Waals surface area contributed by atoms with Gasteiger partial charge in [0, 0.05) is 40.3 Å². The van der Waals surface area contributed by atoms with E-state index in [1.165, 1.54) is 42.9 Å². The first-order valence-corrected chi connectivity index (χ1v) is 13.0. The monoisotopic (exact) mass is 489 g/mol. The highest BCUT2D eigenvalue weighted by Crippen LogP contribution is 2.42. The number of nitrogens with zero attached hydrogens (tertiary/aromatic N) is 1. The Bertz CT molecular complexity index is 1330. The molecule has 0 aliphatic carbocycles. The van der Waals surface area contributed by atoms with Crippen molar-refractivity contribution in [1.82, 2.24) is 4.57 Å². The maximum absolute atomic E-state index is 13.7. The Kier molecular flexibility index (Phi) is 5.78. The van der Waals surface area contributed by atoms with Gasteiger partial charge >= 0.3 is 5.97 Å². The molecule has 0 saturated carbocycles. The molecule has 0 N–H and O–H groups in total. The average Bonchev–Trinajstić information content (AvgIpc) is 3.56. The Hall–Kier alpha value is -2.82. The van der Waals surface area contributed by atoms with E-state index >= 15 is 0 Å². The van der Waals surface area contributed by atoms with Crippen molar-refractivity contribution in [1.29, 1.82) is 0 Å². The predicted molar refractivity (Wildman–Crippen MR) is 121 cm³/mol. The first-order chi connectivity index (χ1) is 15.2. The van der Waals surface area contributed by atoms with Crippen molar-refractivity contribution in [3.05, 3.63) is 74.9 Å². The highest BCUT2D eigenvalue weighted by atomic mass is 32.2. The molecule has 0 radical (unpaired) electrons. The van der Waals surface area contributed by atoms with Crippen molar-refractivity contribution < 1.29 is 27.5 Å². The zero-order valence-electron chi connectivity index (χ0n) is 17.1. The van der Waals surface area contributed by atoms with Gasteiger partial charge in [0.25, 0.3) is 0 Å². The van der Waals surface area contributed by atoms with Gasteiger partial charge in [0.2, 0.25) is 5.78 Å². The molecule has 0 aromatic carbocycles. The van der Waals surface area contributed by atoms with E-state index in [2.05, 4.69) is 6.58 Å². The maximum atomic E-state index is 13.7. The predicted octanol–water partition coefficient (Wildman–Crippen LogP) is 3.50. The number of rotatable bonds is 8. The maximum Gasteiger partial charge on any atom is 0.325 e. The van der Waals surface area contributed by atoms with Crippen LogP contribution in [-0.4, -0.2) is 43.4 Å². The van der Waals surface area contributed by atoms with Gasteiger partial charge in [-0.1, -0.05) is 6.08 Å². The smallest absolute Gasteiger partial charge is 0.325 e. The van der Waals surface area contributed by atoms with Crippen LogP contribution in [0.15, 0.2) is 58.1 Å². The first kappa shape index (κ1) is 22.4. The second-order valence-electron chi connectivity index (χ2n) is 7.34. The summed E-state index contributed by atoms with van der Waals surface area (Å²) in [6.07, 6.45) is 2.86. The van der Waals surface area contributed by atoms with Crippen molar-refractivity contribution in [2.75, 3.05) is 12.9 Å². The molecule has 0 fully saturated rings. The Morgan fingerprint density at radius 1 is 1.25 bits per heavy atom. The summed E-state index contributed by atoms with van der Waals surface area (Å²) in [4.78, 5) is 39.6. The molecule has 0 bridgehead atoms. The van der Waals surface area contributed by atoms with E-state index in [9.17, 15) is 22.8 Å². The third kappa shape index (κ3) is 3.48. The molecule has 166 valence electrons. The number of hydrogen-bond acceptors (Lipinski definition) is 8. The van der Waals surface area contributed by atoms with Crippen molar-refractivity contribution >= 4 is 50.0 Å². The van der Waals surface area contributed by atoms with Gasteiger partial charge < -0.3 is 9.30 Å². The summed E-state index contributed by atoms with van der Waals surface area (Å²) in [6, 6.07) is 4.56. The summed E-state index contributed by atoms with van der Waals surface area (Å²) in [5.74, 6) is -1.73. The van der Waals surface area contributed by atoms with E-state index < -0.39 is 27.0 Å². The van der Waals surface area contributed by atoms with Crippen LogP contribution in [0.2, 0.25) is 0 Å². The van der Waals surface area contributed by atoms with Crippen LogP contribution >= 0.6 is 22.7 Å². The molecule has 1 unspecified atom stereocenters. The number of Topliss-reactive ketones (excluding diaryl/α,β-unsaturated/α-hetero) is 1. The van der Waals surface area contributed by atoms with Gasteiger partial charge in [-0.2, -0.15) is 11.3 Å². The van der Waals surface area contributed by atoms with E-state index in [4.69, 9.17) is 4.74 Å². The molecule has 10 heteroatoms. The normalized spacial score (nSPS) is 17.7. The number of carbonyl (C=O) groups excluding carboxylic acids is 3. The minimum Gasteiger partial charge on any atom is -0.468 e. The third-order valence-electron chi connectivity index (χ3n) is 5.52. The van der Waals surface area contributed by atoms with E-state index in [0.717, 1.165) is 11.3 Å². The standard InChI is InChI=1S/C22H19NO6S3/c1-3-8-32(27,28)16-10-18-22(21(26)29-2,5-6-23(18)11-16)20(25)15-9-17(31-13-15)19(24)14-4-7-30-12-14/h3-4,7,9-13H,1,5-6,8H2,2H3. The van der Waals surface area contributed by atoms with Crippen LogP contribution in [0.25, 0.3) is 0 Å². The summed E-state index contributed by atoms with van der Waals surface area (Å²) in [5, 5.41) is 5.08. The summed E-state index contributed by atoms with van der Waals surface area (Å²) in [7, 11) is -2.45. The topological polar surface area (TPSA) is 99.5 Å². The van der Waals surface area contributed by atoms with Gasteiger partial charge in [-0.05, 0) is 30.0 Å².